The van der Waals surface area contributed by atoms with Crippen LogP contribution in [0.15, 0.2) is 104 Å². The van der Waals surface area contributed by atoms with Gasteiger partial charge >= 0.3 is 27.4 Å². The molecule has 0 spiro atoms. The van der Waals surface area contributed by atoms with Crippen molar-refractivity contribution in [1.82, 2.24) is 34.4 Å². The molecule has 0 aliphatic carbocycles. The van der Waals surface area contributed by atoms with Crippen LogP contribution >= 0.6 is 15.5 Å². The number of para-hydroxylation sites is 2. The van der Waals surface area contributed by atoms with Gasteiger partial charge < -0.3 is 59.9 Å². The summed E-state index contributed by atoms with van der Waals surface area (Å²) in [4.78, 5) is 29.3. The third-order valence-corrected chi connectivity index (χ3v) is 17.8. The zero-order valence-electron chi connectivity index (χ0n) is 47.1. The number of nitrogens with one attached hydrogen (secondary N) is 2. The molecule has 10 N–H and O–H groups in total. The van der Waals surface area contributed by atoms with Gasteiger partial charge in [-0.25, -0.2) is 23.1 Å². The van der Waals surface area contributed by atoms with Gasteiger partial charge in [-0.05, 0) is 80.3 Å². The molecule has 0 radical (unpaired) electrons. The third-order valence-electron chi connectivity index (χ3n) is 14.5. The molecule has 460 valence electrons. The minimum atomic E-state index is -4.32. The molecule has 2 aromatic carbocycles. The van der Waals surface area contributed by atoms with E-state index in [0.717, 1.165) is 25.7 Å². The summed E-state index contributed by atoms with van der Waals surface area (Å²) in [5, 5.41) is 77.5. The van der Waals surface area contributed by atoms with Crippen LogP contribution in [0.4, 0.5) is 11.5 Å². The Morgan fingerprint density at radius 2 is 1.07 bits per heavy atom. The molecule has 8 rings (SSSR count). The number of esters is 2. The van der Waals surface area contributed by atoms with Crippen LogP contribution < -0.4 is 30.7 Å². The molecule has 2 saturated heterocycles. The van der Waals surface area contributed by atoms with Gasteiger partial charge in [0.25, 0.3) is 0 Å². The topological polar surface area (TPSA) is 394 Å². The molecule has 0 bridgehead atoms. The summed E-state index contributed by atoms with van der Waals surface area (Å²) in [7, 11) is -8.62. The van der Waals surface area contributed by atoms with Crippen LogP contribution in [-0.4, -0.2) is 132 Å². The van der Waals surface area contributed by atoms with Gasteiger partial charge in [-0.2, -0.15) is 30.9 Å². The summed E-state index contributed by atoms with van der Waals surface area (Å²) >= 11 is 0. The van der Waals surface area contributed by atoms with E-state index in [1.165, 1.54) is 47.5 Å². The molecule has 2 aliphatic heterocycles. The number of carbonyl (C=O) groups is 2. The van der Waals surface area contributed by atoms with Crippen LogP contribution in [0, 0.1) is 34.5 Å². The molecule has 0 saturated carbocycles. The number of fused-ring (bicyclic) bond motifs is 2. The van der Waals surface area contributed by atoms with Gasteiger partial charge in [0.2, 0.25) is 11.2 Å². The standard InChI is InChI=1S/C28H36N5O8P.C27H35N6O8P.CH4/c1-4-19(5-2)15-38-27(36)18(3)32-42(37,41-20-9-7-6-8-10-20)39-16-23-25(34)26(35)28(17-29,40-23)24-12-11-22-21(30)13-14-31-33(22)24;1-4-18(5-2)13-38-26(36)17(3)32-42(37,41-19-9-7-6-8-10-19)39-14-21-23(34)24(35)27(15-28,40-21)22-12-11-20-25(29)30-16-31-33(20)22;/h6-14,18-19,23,25-26,34-35H,4-5,15-16,30H2,1-3H3,(H,32,37);6-12,16-18,21,23-24,34-35H,4-5,13-14H2,1-3H3,(H,32,37)(H2,29,30,31);1H4/t18-,23+,25+,26+,28-,42+;17-,21+,23+,24+,27-,42-;/m00./s1. The van der Waals surface area contributed by atoms with E-state index in [2.05, 4.69) is 25.4 Å². The maximum atomic E-state index is 13.9. The van der Waals surface area contributed by atoms with E-state index in [-0.39, 0.29) is 61.2 Å². The maximum Gasteiger partial charge on any atom is 0.459 e. The minimum Gasteiger partial charge on any atom is -0.464 e. The predicted octanol–water partition coefficient (Wildman–Crippen LogP) is 5.87. The van der Waals surface area contributed by atoms with E-state index in [0.29, 0.717) is 16.7 Å². The van der Waals surface area contributed by atoms with Gasteiger partial charge in [0.05, 0.1) is 49.0 Å². The van der Waals surface area contributed by atoms with Gasteiger partial charge in [0.1, 0.15) is 84.2 Å². The van der Waals surface area contributed by atoms with Crippen molar-refractivity contribution in [3.8, 4) is 23.6 Å². The lowest BCUT2D eigenvalue weighted by molar-refractivity contribution is -0.147. The second-order valence-electron chi connectivity index (χ2n) is 20.1. The van der Waals surface area contributed by atoms with Gasteiger partial charge in [-0.1, -0.05) is 97.2 Å². The van der Waals surface area contributed by atoms with Gasteiger partial charge in [0.15, 0.2) is 5.82 Å². The molecule has 4 aromatic heterocycles. The van der Waals surface area contributed by atoms with E-state index in [1.807, 2.05) is 39.8 Å². The number of hydrogen-bond acceptors (Lipinski definition) is 23. The second-order valence-corrected chi connectivity index (χ2v) is 23.5. The fourth-order valence-corrected chi connectivity index (χ4v) is 12.2. The fraction of sp³-hybridized carbons (Fsp3) is 0.482. The summed E-state index contributed by atoms with van der Waals surface area (Å²) in [6.45, 7) is 10.2. The first-order valence-electron chi connectivity index (χ1n) is 27.2. The predicted molar refractivity (Wildman–Crippen MR) is 309 cm³/mol. The van der Waals surface area contributed by atoms with Crippen LogP contribution in [0.25, 0.3) is 11.0 Å². The molecular weight excluding hydrogens is 1140 g/mol. The molecule has 0 unspecified atom stereocenters. The zero-order valence-corrected chi connectivity index (χ0v) is 48.9. The van der Waals surface area contributed by atoms with Crippen LogP contribution in [0.5, 0.6) is 11.5 Å². The number of carbonyl (C=O) groups excluding carboxylic acids is 2. The monoisotopic (exact) mass is 1220 g/mol. The van der Waals surface area contributed by atoms with Crippen molar-refractivity contribution >= 4 is 50.0 Å². The maximum absolute atomic E-state index is 13.9. The lowest BCUT2D eigenvalue weighted by Gasteiger charge is -2.25. The number of nitrogens with zero attached hydrogens (tertiary/aromatic N) is 7. The highest BCUT2D eigenvalue weighted by molar-refractivity contribution is 7.52. The quantitative estimate of drug-likeness (QED) is 0.0233. The molecule has 0 amide bonds. The van der Waals surface area contributed by atoms with Crippen molar-refractivity contribution in [1.29, 1.82) is 10.5 Å². The van der Waals surface area contributed by atoms with Crippen molar-refractivity contribution < 1.29 is 76.2 Å². The summed E-state index contributed by atoms with van der Waals surface area (Å²) < 4.78 is 75.6. The second kappa shape index (κ2) is 29.3. The first kappa shape index (κ1) is 67.1. The number of benzene rings is 2. The first-order chi connectivity index (χ1) is 40.1. The van der Waals surface area contributed by atoms with Crippen LogP contribution in [-0.2, 0) is 57.9 Å². The molecule has 27 nitrogen and oxygen atoms in total. The number of rotatable bonds is 26. The molecule has 6 heterocycles. The number of nitrogen functional groups attached to an aromatic ring is 2. The smallest absolute Gasteiger partial charge is 0.459 e. The Kier molecular flexibility index (Phi) is 23.2. The Hall–Kier alpha value is -7.07. The summed E-state index contributed by atoms with van der Waals surface area (Å²) in [6, 6.07) is 25.7. The van der Waals surface area contributed by atoms with Crippen molar-refractivity contribution in [2.45, 2.75) is 135 Å². The Morgan fingerprint density at radius 1 is 0.659 bits per heavy atom. The number of aliphatic hydroxyl groups is 4. The summed E-state index contributed by atoms with van der Waals surface area (Å²) in [5.41, 5.74) is 9.23. The number of nitrogens with two attached hydrogens (primary N) is 2. The highest BCUT2D eigenvalue weighted by atomic mass is 31.2. The zero-order chi connectivity index (χ0) is 61.0. The molecule has 29 heteroatoms. The van der Waals surface area contributed by atoms with Crippen molar-refractivity contribution in [2.24, 2.45) is 11.8 Å². The van der Waals surface area contributed by atoms with Crippen LogP contribution in [0.3, 0.4) is 0 Å². The van der Waals surface area contributed by atoms with Crippen molar-refractivity contribution in [3.05, 3.63) is 115 Å². The van der Waals surface area contributed by atoms with E-state index in [9.17, 15) is 49.7 Å². The number of anilines is 2. The highest BCUT2D eigenvalue weighted by Gasteiger charge is 2.59. The molecule has 12 atom stereocenters. The molecular formula is C56H75N11O16P2. The van der Waals surface area contributed by atoms with Gasteiger partial charge in [-0.15, -0.1) is 0 Å². The number of ether oxygens (including phenoxy) is 4. The Balaban J connectivity index is 0.000000269. The van der Waals surface area contributed by atoms with Gasteiger partial charge in [-0.3, -0.25) is 18.6 Å². The lowest BCUT2D eigenvalue weighted by atomic mass is 9.92. The SMILES string of the molecule is C.CCC(CC)COC(=O)[C@H](C)N[P@@](=O)(OC[C@H]1O[C@@](C#N)(c2ccc3c(N)ccnn23)[C@H](O)[C@@H]1O)Oc1ccccc1.CCC(CC)COC(=O)[C@H](C)N[P@](=O)(OC[C@H]1O[C@@](C#N)(c2ccc3c(N)ncnn23)[C@H](O)[C@@H]1O)Oc1ccccc1. The Labute approximate surface area is 492 Å². The number of aromatic nitrogens is 5. The minimum absolute atomic E-state index is 0. The van der Waals surface area contributed by atoms with Crippen molar-refractivity contribution in [3.63, 3.8) is 0 Å². The van der Waals surface area contributed by atoms with E-state index in [4.69, 9.17) is 48.5 Å². The Morgan fingerprint density at radius 3 is 1.48 bits per heavy atom. The van der Waals surface area contributed by atoms with Crippen LogP contribution in [0.1, 0.15) is 86.0 Å². The van der Waals surface area contributed by atoms with E-state index in [1.54, 1.807) is 78.9 Å². The fourth-order valence-electron chi connectivity index (χ4n) is 9.23. The normalized spacial score (nSPS) is 24.0. The van der Waals surface area contributed by atoms with Crippen molar-refractivity contribution in [2.75, 3.05) is 37.9 Å². The Bertz CT molecular complexity index is 3140. The summed E-state index contributed by atoms with van der Waals surface area (Å²) in [6.07, 6.45) is -3.43. The van der Waals surface area contributed by atoms with E-state index >= 15 is 0 Å². The molecule has 2 fully saturated rings. The largest absolute Gasteiger partial charge is 0.464 e. The highest BCUT2D eigenvalue weighted by Crippen LogP contribution is 2.49. The number of aliphatic hydroxyl groups excluding tert-OH is 4. The van der Waals surface area contributed by atoms with Crippen LogP contribution in [0.2, 0.25) is 0 Å². The van der Waals surface area contributed by atoms with Gasteiger partial charge in [0, 0.05) is 6.20 Å². The molecule has 2 aliphatic rings. The lowest BCUT2D eigenvalue weighted by Crippen LogP contribution is -2.41. The average molecular weight is 1220 g/mol. The average Bonchev–Trinajstić information content (AvgIpc) is 1.95. The first-order valence-corrected chi connectivity index (χ1v) is 30.3. The number of hydrogen-bond donors (Lipinski definition) is 8. The molecule has 85 heavy (non-hydrogen) atoms. The summed E-state index contributed by atoms with van der Waals surface area (Å²) in [5.74, 6) is -0.407. The molecule has 6 aromatic rings. The third kappa shape index (κ3) is 15.1. The van der Waals surface area contributed by atoms with E-state index < -0.39 is 101 Å². The number of nitriles is 2.